The summed E-state index contributed by atoms with van der Waals surface area (Å²) in [6.07, 6.45) is -2.02. The van der Waals surface area contributed by atoms with Gasteiger partial charge in [-0.1, -0.05) is 6.92 Å². The summed E-state index contributed by atoms with van der Waals surface area (Å²) < 4.78 is 45.6. The van der Waals surface area contributed by atoms with E-state index in [4.69, 9.17) is 4.74 Å². The molecule has 1 aliphatic heterocycles. The number of hydrogen-bond acceptors (Lipinski definition) is 3. The van der Waals surface area contributed by atoms with Gasteiger partial charge in [-0.15, -0.1) is 13.2 Å². The molecule has 7 heteroatoms. The van der Waals surface area contributed by atoms with Crippen molar-refractivity contribution in [2.24, 2.45) is 5.92 Å². The molecule has 0 aliphatic carbocycles. The molecule has 1 fully saturated rings. The zero-order chi connectivity index (χ0) is 16.4. The van der Waals surface area contributed by atoms with Crippen molar-refractivity contribution in [3.05, 3.63) is 36.3 Å². The lowest BCUT2D eigenvalue weighted by atomic mass is 9.88. The Hall–Kier alpha value is -2.02. The van der Waals surface area contributed by atoms with E-state index < -0.39 is 6.36 Å². The number of halogens is 3. The number of H-pyrrole nitrogens is 1. The van der Waals surface area contributed by atoms with Crippen molar-refractivity contribution >= 4 is 0 Å². The van der Waals surface area contributed by atoms with Crippen LogP contribution in [0.15, 0.2) is 30.5 Å². The van der Waals surface area contributed by atoms with Gasteiger partial charge in [-0.05, 0) is 36.2 Å². The molecule has 0 radical (unpaired) electrons. The normalized spacial score (nSPS) is 16.9. The lowest BCUT2D eigenvalue weighted by Crippen LogP contribution is -2.33. The van der Waals surface area contributed by atoms with Crippen molar-refractivity contribution in [3.8, 4) is 17.0 Å². The molecule has 2 aromatic rings. The number of benzene rings is 1. The lowest BCUT2D eigenvalue weighted by molar-refractivity contribution is -0.274. The molecular weight excluding hydrogens is 309 g/mol. The molecule has 1 unspecified atom stereocenters. The molecule has 1 N–H and O–H groups in total. The van der Waals surface area contributed by atoms with E-state index in [0.717, 1.165) is 36.7 Å². The predicted octanol–water partition coefficient (Wildman–Crippen LogP) is 4.12. The first-order valence-corrected chi connectivity index (χ1v) is 7.45. The Balaban J connectivity index is 1.74. The first kappa shape index (κ1) is 15.9. The van der Waals surface area contributed by atoms with E-state index in [1.54, 1.807) is 18.3 Å². The maximum atomic E-state index is 12.2. The van der Waals surface area contributed by atoms with Gasteiger partial charge in [-0.2, -0.15) is 0 Å². The van der Waals surface area contributed by atoms with Gasteiger partial charge in [0.25, 0.3) is 0 Å². The number of nitrogens with zero attached hydrogens (tertiary/aromatic N) is 1. The fraction of sp³-hybridized carbons (Fsp3) is 0.438. The molecule has 1 aromatic heterocycles. The molecule has 0 saturated carbocycles. The second-order valence-electron chi connectivity index (χ2n) is 5.57. The smallest absolute Gasteiger partial charge is 0.406 e. The summed E-state index contributed by atoms with van der Waals surface area (Å²) >= 11 is 0. The minimum absolute atomic E-state index is 0.237. The highest BCUT2D eigenvalue weighted by atomic mass is 19.4. The van der Waals surface area contributed by atoms with Crippen LogP contribution in [0.25, 0.3) is 11.3 Å². The largest absolute Gasteiger partial charge is 0.573 e. The van der Waals surface area contributed by atoms with Crippen LogP contribution in [0.2, 0.25) is 0 Å². The molecule has 124 valence electrons. The van der Waals surface area contributed by atoms with Gasteiger partial charge in [-0.3, -0.25) is 0 Å². The van der Waals surface area contributed by atoms with Crippen LogP contribution < -0.4 is 4.74 Å². The molecule has 0 spiro atoms. The van der Waals surface area contributed by atoms with Crippen molar-refractivity contribution in [2.75, 3.05) is 13.2 Å². The number of rotatable bonds is 5. The van der Waals surface area contributed by atoms with Crippen LogP contribution in [-0.4, -0.2) is 29.5 Å². The average molecular weight is 326 g/mol. The monoisotopic (exact) mass is 326 g/mol. The van der Waals surface area contributed by atoms with Crippen LogP contribution in [0.3, 0.4) is 0 Å². The van der Waals surface area contributed by atoms with Crippen LogP contribution in [0.1, 0.15) is 25.1 Å². The van der Waals surface area contributed by atoms with E-state index in [0.29, 0.717) is 11.8 Å². The highest BCUT2D eigenvalue weighted by Crippen LogP contribution is 2.33. The highest BCUT2D eigenvalue weighted by molar-refractivity contribution is 5.59. The molecule has 1 aromatic carbocycles. The molecule has 1 atom stereocenters. The molecule has 23 heavy (non-hydrogen) atoms. The summed E-state index contributed by atoms with van der Waals surface area (Å²) in [5, 5.41) is 0. The standard InChI is InChI=1S/C16H17F3N2O2/c1-2-13(11-8-22-9-11)15-20-7-14(21-15)10-3-5-12(6-4-10)23-16(17,18)19/h3-7,11,13H,2,8-9H2,1H3,(H,20,21). The van der Waals surface area contributed by atoms with Crippen LogP contribution in [0.5, 0.6) is 5.75 Å². The van der Waals surface area contributed by atoms with Gasteiger partial charge in [0, 0.05) is 11.8 Å². The Labute approximate surface area is 131 Å². The van der Waals surface area contributed by atoms with Gasteiger partial charge in [-0.25, -0.2) is 4.98 Å². The maximum absolute atomic E-state index is 12.2. The van der Waals surface area contributed by atoms with Crippen LogP contribution in [0.4, 0.5) is 13.2 Å². The minimum atomic E-state index is -4.68. The van der Waals surface area contributed by atoms with Crippen molar-refractivity contribution in [3.63, 3.8) is 0 Å². The van der Waals surface area contributed by atoms with Crippen molar-refractivity contribution < 1.29 is 22.6 Å². The van der Waals surface area contributed by atoms with Gasteiger partial charge in [0.1, 0.15) is 11.6 Å². The summed E-state index contributed by atoms with van der Waals surface area (Å²) in [4.78, 5) is 7.69. The Morgan fingerprint density at radius 3 is 2.52 bits per heavy atom. The molecule has 3 rings (SSSR count). The number of aromatic amines is 1. The van der Waals surface area contributed by atoms with Gasteiger partial charge < -0.3 is 14.5 Å². The van der Waals surface area contributed by atoms with Gasteiger partial charge in [0.2, 0.25) is 0 Å². The quantitative estimate of drug-likeness (QED) is 0.899. The van der Waals surface area contributed by atoms with Crippen molar-refractivity contribution in [1.29, 1.82) is 0 Å². The molecule has 4 nitrogen and oxygen atoms in total. The number of nitrogens with one attached hydrogen (secondary N) is 1. The highest BCUT2D eigenvalue weighted by Gasteiger charge is 2.31. The van der Waals surface area contributed by atoms with E-state index in [-0.39, 0.29) is 5.75 Å². The topological polar surface area (TPSA) is 47.1 Å². The van der Waals surface area contributed by atoms with Crippen molar-refractivity contribution in [1.82, 2.24) is 9.97 Å². The Bertz CT molecular complexity index is 648. The number of aromatic nitrogens is 2. The Morgan fingerprint density at radius 1 is 1.30 bits per heavy atom. The fourth-order valence-corrected chi connectivity index (χ4v) is 2.74. The van der Waals surface area contributed by atoms with Crippen LogP contribution >= 0.6 is 0 Å². The summed E-state index contributed by atoms with van der Waals surface area (Å²) in [5.74, 6) is 1.44. The molecule has 1 aliphatic rings. The van der Waals surface area contributed by atoms with E-state index >= 15 is 0 Å². The Morgan fingerprint density at radius 2 is 2.00 bits per heavy atom. The molecule has 2 heterocycles. The average Bonchev–Trinajstić information content (AvgIpc) is 2.91. The first-order chi connectivity index (χ1) is 11.0. The minimum Gasteiger partial charge on any atom is -0.406 e. The second-order valence-corrected chi connectivity index (χ2v) is 5.57. The zero-order valence-corrected chi connectivity index (χ0v) is 12.6. The van der Waals surface area contributed by atoms with Gasteiger partial charge >= 0.3 is 6.36 Å². The summed E-state index contributed by atoms with van der Waals surface area (Å²) in [7, 11) is 0. The molecule has 0 bridgehead atoms. The van der Waals surface area contributed by atoms with E-state index in [1.807, 2.05) is 0 Å². The zero-order valence-electron chi connectivity index (χ0n) is 12.6. The number of alkyl halides is 3. The maximum Gasteiger partial charge on any atom is 0.573 e. The third-order valence-electron chi connectivity index (χ3n) is 4.02. The summed E-state index contributed by atoms with van der Waals surface area (Å²) in [6, 6.07) is 5.73. The molecular formula is C16H17F3N2O2. The number of ether oxygens (including phenoxy) is 2. The van der Waals surface area contributed by atoms with Gasteiger partial charge in [0.15, 0.2) is 0 Å². The van der Waals surface area contributed by atoms with E-state index in [2.05, 4.69) is 21.6 Å². The van der Waals surface area contributed by atoms with Crippen molar-refractivity contribution in [2.45, 2.75) is 25.6 Å². The second kappa shape index (κ2) is 6.23. The molecule has 0 amide bonds. The number of imidazole rings is 1. The van der Waals surface area contributed by atoms with E-state index in [9.17, 15) is 13.2 Å². The Kier molecular flexibility index (Phi) is 4.30. The summed E-state index contributed by atoms with van der Waals surface area (Å²) in [6.45, 7) is 3.60. The predicted molar refractivity (Wildman–Crippen MR) is 78.0 cm³/mol. The SMILES string of the molecule is CCC(c1ncc(-c2ccc(OC(F)(F)F)cc2)[nH]1)C1COC1. The summed E-state index contributed by atoms with van der Waals surface area (Å²) in [5.41, 5.74) is 1.54. The third-order valence-corrected chi connectivity index (χ3v) is 4.02. The fourth-order valence-electron chi connectivity index (χ4n) is 2.74. The van der Waals surface area contributed by atoms with Gasteiger partial charge in [0.05, 0.1) is 25.1 Å². The van der Waals surface area contributed by atoms with Crippen LogP contribution in [-0.2, 0) is 4.74 Å². The lowest BCUT2D eigenvalue weighted by Gasteiger charge is -2.32. The third kappa shape index (κ3) is 3.67. The first-order valence-electron chi connectivity index (χ1n) is 7.45. The van der Waals surface area contributed by atoms with E-state index in [1.165, 1.54) is 12.1 Å². The molecule has 1 saturated heterocycles. The van der Waals surface area contributed by atoms with Crippen LogP contribution in [0, 0.1) is 5.92 Å². The number of hydrogen-bond donors (Lipinski definition) is 1.